The zero-order valence-corrected chi connectivity index (χ0v) is 17.8. The summed E-state index contributed by atoms with van der Waals surface area (Å²) in [5, 5.41) is 0. The topological polar surface area (TPSA) is 44.2 Å². The van der Waals surface area contributed by atoms with Crippen LogP contribution in [0.4, 0.5) is 0 Å². The second-order valence-corrected chi connectivity index (χ2v) is 7.53. The molecule has 0 bridgehead atoms. The van der Waals surface area contributed by atoms with E-state index in [1.54, 1.807) is 12.4 Å². The summed E-state index contributed by atoms with van der Waals surface area (Å²) in [7, 11) is 0. The number of hydrogen-bond acceptors (Lipinski definition) is 4. The summed E-state index contributed by atoms with van der Waals surface area (Å²) in [6.07, 6.45) is 13.4. The van der Waals surface area contributed by atoms with E-state index < -0.39 is 0 Å². The maximum absolute atomic E-state index is 5.81. The fourth-order valence-corrected chi connectivity index (χ4v) is 2.89. The van der Waals surface area contributed by atoms with Gasteiger partial charge in [-0.3, -0.25) is 0 Å². The number of aromatic nitrogens is 2. The molecule has 2 rings (SSSR count). The molecule has 2 aromatic rings. The fourth-order valence-electron chi connectivity index (χ4n) is 2.89. The normalized spacial score (nSPS) is 12.0. The summed E-state index contributed by atoms with van der Waals surface area (Å²) in [5.41, 5.74) is 0.983. The summed E-state index contributed by atoms with van der Waals surface area (Å²) in [6.45, 7) is 8.20. The molecule has 0 aliphatic rings. The highest BCUT2D eigenvalue weighted by Crippen LogP contribution is 2.21. The van der Waals surface area contributed by atoms with E-state index in [4.69, 9.17) is 9.47 Å². The maximum atomic E-state index is 5.81. The van der Waals surface area contributed by atoms with E-state index in [1.807, 2.05) is 24.3 Å². The largest absolute Gasteiger partial charge is 0.494 e. The molecule has 4 nitrogen and oxygen atoms in total. The lowest BCUT2D eigenvalue weighted by Gasteiger charge is -2.10. The van der Waals surface area contributed by atoms with E-state index in [9.17, 15) is 0 Å². The Morgan fingerprint density at radius 3 is 2.11 bits per heavy atom. The van der Waals surface area contributed by atoms with Gasteiger partial charge in [-0.1, -0.05) is 59.3 Å². The van der Waals surface area contributed by atoms with Crippen molar-refractivity contribution in [2.45, 2.75) is 72.1 Å². The molecule has 0 radical (unpaired) electrons. The monoisotopic (exact) mass is 384 g/mol. The summed E-state index contributed by atoms with van der Waals surface area (Å²) < 4.78 is 11.6. The number of ether oxygens (including phenoxy) is 2. The maximum Gasteiger partial charge on any atom is 0.159 e. The Morgan fingerprint density at radius 1 is 0.786 bits per heavy atom. The summed E-state index contributed by atoms with van der Waals surface area (Å²) in [4.78, 5) is 8.88. The molecule has 1 aromatic heterocycles. The smallest absolute Gasteiger partial charge is 0.159 e. The first-order chi connectivity index (χ1) is 13.7. The van der Waals surface area contributed by atoms with Crippen molar-refractivity contribution in [1.82, 2.24) is 9.97 Å². The van der Waals surface area contributed by atoms with Crippen molar-refractivity contribution in [2.24, 2.45) is 5.92 Å². The van der Waals surface area contributed by atoms with Gasteiger partial charge in [0, 0.05) is 5.56 Å². The lowest BCUT2D eigenvalue weighted by atomic mass is 10.1. The van der Waals surface area contributed by atoms with Crippen LogP contribution in [0, 0.1) is 5.92 Å². The van der Waals surface area contributed by atoms with Gasteiger partial charge in [0.2, 0.25) is 0 Å². The minimum absolute atomic E-state index is 0.703. The van der Waals surface area contributed by atoms with Gasteiger partial charge in [-0.05, 0) is 43.0 Å². The van der Waals surface area contributed by atoms with Crippen LogP contribution in [0.2, 0.25) is 0 Å². The van der Waals surface area contributed by atoms with Crippen LogP contribution < -0.4 is 9.47 Å². The van der Waals surface area contributed by atoms with Gasteiger partial charge in [0.1, 0.15) is 5.75 Å². The quantitative estimate of drug-likeness (QED) is 0.340. The average Bonchev–Trinajstić information content (AvgIpc) is 2.74. The van der Waals surface area contributed by atoms with Crippen LogP contribution in [0.25, 0.3) is 11.4 Å². The van der Waals surface area contributed by atoms with E-state index >= 15 is 0 Å². The Kier molecular flexibility index (Phi) is 10.4. The van der Waals surface area contributed by atoms with Crippen LogP contribution in [-0.2, 0) is 0 Å². The second-order valence-electron chi connectivity index (χ2n) is 7.53. The van der Waals surface area contributed by atoms with Crippen LogP contribution in [-0.4, -0.2) is 23.2 Å². The number of rotatable bonds is 14. The Morgan fingerprint density at radius 2 is 1.43 bits per heavy atom. The molecule has 154 valence electrons. The molecular weight excluding hydrogens is 348 g/mol. The van der Waals surface area contributed by atoms with Crippen LogP contribution in [0.3, 0.4) is 0 Å². The molecule has 0 aliphatic heterocycles. The average molecular weight is 385 g/mol. The number of hydrogen-bond donors (Lipinski definition) is 0. The van der Waals surface area contributed by atoms with Crippen LogP contribution >= 0.6 is 0 Å². The van der Waals surface area contributed by atoms with Crippen molar-refractivity contribution < 1.29 is 9.47 Å². The lowest BCUT2D eigenvalue weighted by Crippen LogP contribution is -2.03. The van der Waals surface area contributed by atoms with Crippen LogP contribution in [0.5, 0.6) is 11.5 Å². The van der Waals surface area contributed by atoms with Crippen molar-refractivity contribution >= 4 is 0 Å². The highest BCUT2D eigenvalue weighted by Gasteiger charge is 2.04. The second kappa shape index (κ2) is 13.1. The number of unbranched alkanes of at least 4 members (excludes halogenated alkanes) is 5. The molecule has 1 unspecified atom stereocenters. The molecule has 28 heavy (non-hydrogen) atoms. The molecule has 4 heteroatoms. The number of benzene rings is 1. The molecule has 0 amide bonds. The first-order valence-corrected chi connectivity index (χ1v) is 10.9. The lowest BCUT2D eigenvalue weighted by molar-refractivity contribution is 0.282. The standard InChI is InChI=1S/C24H36N2O2/c1-4-6-7-8-9-10-16-27-23-18-25-24(26-19-23)21-11-13-22(14-12-21)28-17-15-20(3)5-2/h11-14,18-20H,4-10,15-17H2,1-3H3. The summed E-state index contributed by atoms with van der Waals surface area (Å²) in [5.74, 6) is 3.04. The van der Waals surface area contributed by atoms with E-state index in [0.717, 1.165) is 43.1 Å². The molecule has 1 heterocycles. The van der Waals surface area contributed by atoms with E-state index in [0.29, 0.717) is 11.7 Å². The number of nitrogens with zero attached hydrogens (tertiary/aromatic N) is 2. The third-order valence-corrected chi connectivity index (χ3v) is 5.08. The highest BCUT2D eigenvalue weighted by atomic mass is 16.5. The Hall–Kier alpha value is -2.10. The van der Waals surface area contributed by atoms with Gasteiger partial charge in [-0.15, -0.1) is 0 Å². The van der Waals surface area contributed by atoms with Gasteiger partial charge in [0.25, 0.3) is 0 Å². The molecule has 0 saturated carbocycles. The molecule has 0 aliphatic carbocycles. The van der Waals surface area contributed by atoms with Crippen LogP contribution in [0.15, 0.2) is 36.7 Å². The molecule has 0 saturated heterocycles. The van der Waals surface area contributed by atoms with E-state index in [2.05, 4.69) is 30.7 Å². The van der Waals surface area contributed by atoms with Gasteiger partial charge in [0.05, 0.1) is 25.6 Å². The minimum Gasteiger partial charge on any atom is -0.494 e. The van der Waals surface area contributed by atoms with Gasteiger partial charge in [0.15, 0.2) is 11.6 Å². The Bertz CT molecular complexity index is 641. The van der Waals surface area contributed by atoms with Gasteiger partial charge >= 0.3 is 0 Å². The van der Waals surface area contributed by atoms with Crippen molar-refractivity contribution in [3.05, 3.63) is 36.7 Å². The van der Waals surface area contributed by atoms with Crippen LogP contribution in [0.1, 0.15) is 72.1 Å². The SMILES string of the molecule is CCCCCCCCOc1cnc(-c2ccc(OCCC(C)CC)cc2)nc1. The molecule has 1 atom stereocenters. The van der Waals surface area contributed by atoms with Crippen molar-refractivity contribution in [2.75, 3.05) is 13.2 Å². The third kappa shape index (κ3) is 8.28. The molecule has 0 spiro atoms. The third-order valence-electron chi connectivity index (χ3n) is 5.08. The molecule has 1 aromatic carbocycles. The van der Waals surface area contributed by atoms with E-state index in [-0.39, 0.29) is 0 Å². The zero-order chi connectivity index (χ0) is 20.0. The van der Waals surface area contributed by atoms with Crippen molar-refractivity contribution in [1.29, 1.82) is 0 Å². The van der Waals surface area contributed by atoms with Crippen molar-refractivity contribution in [3.63, 3.8) is 0 Å². The summed E-state index contributed by atoms with van der Waals surface area (Å²) in [6, 6.07) is 7.98. The fraction of sp³-hybridized carbons (Fsp3) is 0.583. The highest BCUT2D eigenvalue weighted by molar-refractivity contribution is 5.56. The predicted molar refractivity (Wildman–Crippen MR) is 116 cm³/mol. The van der Waals surface area contributed by atoms with Crippen molar-refractivity contribution in [3.8, 4) is 22.9 Å². The Labute approximate surface area is 170 Å². The van der Waals surface area contributed by atoms with Gasteiger partial charge in [-0.2, -0.15) is 0 Å². The zero-order valence-electron chi connectivity index (χ0n) is 17.8. The van der Waals surface area contributed by atoms with E-state index in [1.165, 1.54) is 38.5 Å². The first kappa shape index (κ1) is 22.2. The first-order valence-electron chi connectivity index (χ1n) is 10.9. The van der Waals surface area contributed by atoms with Gasteiger partial charge < -0.3 is 9.47 Å². The minimum atomic E-state index is 0.703. The van der Waals surface area contributed by atoms with Gasteiger partial charge in [-0.25, -0.2) is 9.97 Å². The predicted octanol–water partition coefficient (Wildman–Crippen LogP) is 6.70. The molecule has 0 N–H and O–H groups in total. The summed E-state index contributed by atoms with van der Waals surface area (Å²) >= 11 is 0. The molecular formula is C24H36N2O2. The Balaban J connectivity index is 1.73. The molecule has 0 fully saturated rings.